The van der Waals surface area contributed by atoms with Gasteiger partial charge < -0.3 is 14.6 Å². The van der Waals surface area contributed by atoms with Crippen LogP contribution in [0.2, 0.25) is 0 Å². The molecule has 0 aliphatic carbocycles. The lowest BCUT2D eigenvalue weighted by Crippen LogP contribution is -2.41. The number of hydrogen-bond acceptors (Lipinski definition) is 6. The molecule has 0 saturated carbocycles. The van der Waals surface area contributed by atoms with Crippen molar-refractivity contribution in [3.05, 3.63) is 29.8 Å². The maximum Gasteiger partial charge on any atom is 0.339 e. The molecule has 0 saturated heterocycles. The van der Waals surface area contributed by atoms with Crippen molar-refractivity contribution in [2.75, 3.05) is 27.4 Å². The van der Waals surface area contributed by atoms with Crippen LogP contribution in [0.1, 0.15) is 10.4 Å². The van der Waals surface area contributed by atoms with Gasteiger partial charge in [0.1, 0.15) is 0 Å². The Balaban J connectivity index is 3.12. The van der Waals surface area contributed by atoms with E-state index in [2.05, 4.69) is 9.46 Å². The Labute approximate surface area is 117 Å². The standard InChI is InChI=1S/C12H17NO6S/c1-18-8-9(7-14)13-20(16,17)11-6-4-3-5-10(11)12(15)19-2/h3-6,9,13-14H,7-8H2,1-2H3. The number of benzene rings is 1. The highest BCUT2D eigenvalue weighted by Gasteiger charge is 2.25. The van der Waals surface area contributed by atoms with E-state index in [4.69, 9.17) is 9.84 Å². The average molecular weight is 303 g/mol. The molecule has 1 aromatic rings. The van der Waals surface area contributed by atoms with Crippen molar-refractivity contribution < 1.29 is 27.8 Å². The van der Waals surface area contributed by atoms with E-state index in [0.717, 1.165) is 0 Å². The third kappa shape index (κ3) is 4.01. The summed E-state index contributed by atoms with van der Waals surface area (Å²) in [7, 11) is -1.41. The summed E-state index contributed by atoms with van der Waals surface area (Å²) in [5.74, 6) is -0.752. The van der Waals surface area contributed by atoms with Crippen molar-refractivity contribution in [2.45, 2.75) is 10.9 Å². The van der Waals surface area contributed by atoms with Crippen LogP contribution in [0, 0.1) is 0 Å². The van der Waals surface area contributed by atoms with Crippen molar-refractivity contribution in [1.82, 2.24) is 4.72 Å². The molecule has 0 aliphatic heterocycles. The van der Waals surface area contributed by atoms with Crippen LogP contribution in [0.4, 0.5) is 0 Å². The predicted molar refractivity (Wildman–Crippen MR) is 70.9 cm³/mol. The minimum atomic E-state index is -3.97. The number of esters is 1. The van der Waals surface area contributed by atoms with E-state index < -0.39 is 28.6 Å². The fraction of sp³-hybridized carbons (Fsp3) is 0.417. The zero-order valence-electron chi connectivity index (χ0n) is 11.2. The zero-order valence-corrected chi connectivity index (χ0v) is 12.0. The number of carbonyl (C=O) groups excluding carboxylic acids is 1. The fourth-order valence-electron chi connectivity index (χ4n) is 1.59. The molecule has 0 aromatic heterocycles. The Bertz CT molecular complexity index is 557. The Morgan fingerprint density at radius 3 is 2.55 bits per heavy atom. The van der Waals surface area contributed by atoms with Gasteiger partial charge in [0.2, 0.25) is 10.0 Å². The van der Waals surface area contributed by atoms with Crippen molar-refractivity contribution >= 4 is 16.0 Å². The Kier molecular flexibility index (Phi) is 6.08. The van der Waals surface area contributed by atoms with E-state index in [-0.39, 0.29) is 17.1 Å². The van der Waals surface area contributed by atoms with Crippen LogP contribution < -0.4 is 4.72 Å². The fourth-order valence-corrected chi connectivity index (χ4v) is 2.99. The van der Waals surface area contributed by atoms with E-state index in [1.165, 1.54) is 38.5 Å². The summed E-state index contributed by atoms with van der Waals surface area (Å²) >= 11 is 0. The molecule has 1 unspecified atom stereocenters. The highest BCUT2D eigenvalue weighted by molar-refractivity contribution is 7.89. The Hall–Kier alpha value is -1.48. The van der Waals surface area contributed by atoms with Crippen molar-refractivity contribution in [1.29, 1.82) is 0 Å². The van der Waals surface area contributed by atoms with Gasteiger partial charge in [-0.05, 0) is 12.1 Å². The van der Waals surface area contributed by atoms with Crippen molar-refractivity contribution in [2.24, 2.45) is 0 Å². The smallest absolute Gasteiger partial charge is 0.339 e. The maximum absolute atomic E-state index is 12.2. The first-order valence-electron chi connectivity index (χ1n) is 5.75. The molecular weight excluding hydrogens is 286 g/mol. The van der Waals surface area contributed by atoms with Gasteiger partial charge in [-0.25, -0.2) is 17.9 Å². The summed E-state index contributed by atoms with van der Waals surface area (Å²) in [6.07, 6.45) is 0. The van der Waals surface area contributed by atoms with Gasteiger partial charge >= 0.3 is 5.97 Å². The number of ether oxygens (including phenoxy) is 2. The monoisotopic (exact) mass is 303 g/mol. The van der Waals surface area contributed by atoms with Crippen molar-refractivity contribution in [3.8, 4) is 0 Å². The quantitative estimate of drug-likeness (QED) is 0.674. The summed E-state index contributed by atoms with van der Waals surface area (Å²) in [5.41, 5.74) is -0.0726. The van der Waals surface area contributed by atoms with Gasteiger partial charge in [-0.3, -0.25) is 0 Å². The van der Waals surface area contributed by atoms with Crippen LogP contribution >= 0.6 is 0 Å². The second kappa shape index (κ2) is 7.34. The lowest BCUT2D eigenvalue weighted by Gasteiger charge is -2.16. The van der Waals surface area contributed by atoms with Gasteiger partial charge in [0.25, 0.3) is 0 Å². The van der Waals surface area contributed by atoms with E-state index in [1.54, 1.807) is 0 Å². The molecule has 2 N–H and O–H groups in total. The lowest BCUT2D eigenvalue weighted by atomic mass is 10.2. The molecule has 8 heteroatoms. The van der Waals surface area contributed by atoms with Gasteiger partial charge in [-0.2, -0.15) is 0 Å². The van der Waals surface area contributed by atoms with E-state index in [0.29, 0.717) is 0 Å². The van der Waals surface area contributed by atoms with Gasteiger partial charge in [0.05, 0.1) is 36.8 Å². The van der Waals surface area contributed by atoms with Gasteiger partial charge in [0.15, 0.2) is 0 Å². The van der Waals surface area contributed by atoms with E-state index in [1.807, 2.05) is 0 Å². The van der Waals surface area contributed by atoms with Crippen LogP contribution in [-0.4, -0.2) is 53.0 Å². The second-order valence-corrected chi connectivity index (χ2v) is 5.63. The summed E-state index contributed by atoms with van der Waals surface area (Å²) in [5, 5.41) is 9.09. The third-order valence-corrected chi connectivity index (χ3v) is 4.07. The number of aliphatic hydroxyl groups excluding tert-OH is 1. The molecule has 0 aliphatic rings. The number of nitrogens with one attached hydrogen (secondary N) is 1. The van der Waals surface area contributed by atoms with Crippen LogP contribution in [0.15, 0.2) is 29.2 Å². The van der Waals surface area contributed by atoms with Crippen LogP contribution in [0.3, 0.4) is 0 Å². The number of rotatable bonds is 7. The van der Waals surface area contributed by atoms with E-state index >= 15 is 0 Å². The first-order chi connectivity index (χ1) is 9.46. The molecule has 0 spiro atoms. The third-order valence-electron chi connectivity index (χ3n) is 2.49. The first kappa shape index (κ1) is 16.6. The van der Waals surface area contributed by atoms with Crippen LogP contribution in [0.5, 0.6) is 0 Å². The van der Waals surface area contributed by atoms with Crippen LogP contribution in [0.25, 0.3) is 0 Å². The largest absolute Gasteiger partial charge is 0.465 e. The molecule has 1 aromatic carbocycles. The Morgan fingerprint density at radius 1 is 1.35 bits per heavy atom. The van der Waals surface area contributed by atoms with Gasteiger partial charge in [-0.15, -0.1) is 0 Å². The SMILES string of the molecule is COCC(CO)NS(=O)(=O)c1ccccc1C(=O)OC. The highest BCUT2D eigenvalue weighted by Crippen LogP contribution is 2.16. The number of carbonyl (C=O) groups is 1. The zero-order chi connectivity index (χ0) is 15.2. The number of methoxy groups -OCH3 is 2. The minimum Gasteiger partial charge on any atom is -0.465 e. The van der Waals surface area contributed by atoms with Gasteiger partial charge in [0, 0.05) is 7.11 Å². The molecule has 0 amide bonds. The number of aliphatic hydroxyl groups is 1. The molecule has 20 heavy (non-hydrogen) atoms. The van der Waals surface area contributed by atoms with Crippen molar-refractivity contribution in [3.63, 3.8) is 0 Å². The maximum atomic E-state index is 12.2. The first-order valence-corrected chi connectivity index (χ1v) is 7.24. The topological polar surface area (TPSA) is 102 Å². The molecule has 7 nitrogen and oxygen atoms in total. The lowest BCUT2D eigenvalue weighted by molar-refractivity contribution is 0.0596. The molecule has 1 rings (SSSR count). The summed E-state index contributed by atoms with van der Waals surface area (Å²) in [6, 6.07) is 4.87. The molecule has 112 valence electrons. The predicted octanol–water partition coefficient (Wildman–Crippen LogP) is -0.241. The van der Waals surface area contributed by atoms with E-state index in [9.17, 15) is 13.2 Å². The average Bonchev–Trinajstić information content (AvgIpc) is 2.45. The molecule has 0 fully saturated rings. The number of hydrogen-bond donors (Lipinski definition) is 2. The normalized spacial score (nSPS) is 12.9. The summed E-state index contributed by atoms with van der Waals surface area (Å²) in [4.78, 5) is 11.4. The minimum absolute atomic E-state index is 0.0100. The molecule has 0 radical (unpaired) electrons. The second-order valence-electron chi connectivity index (χ2n) is 3.94. The Morgan fingerprint density at radius 2 is 2.00 bits per heavy atom. The summed E-state index contributed by atoms with van der Waals surface area (Å²) in [6.45, 7) is -0.413. The molecule has 0 bridgehead atoms. The highest BCUT2D eigenvalue weighted by atomic mass is 32.2. The van der Waals surface area contributed by atoms with Crippen LogP contribution in [-0.2, 0) is 19.5 Å². The molecular formula is C12H17NO6S. The van der Waals surface area contributed by atoms with Gasteiger partial charge in [-0.1, -0.05) is 12.1 Å². The summed E-state index contributed by atoms with van der Waals surface area (Å²) < 4.78 is 36.1. The number of sulfonamides is 1. The molecule has 0 heterocycles. The molecule has 1 atom stereocenters.